The number of anilines is 1. The van der Waals surface area contributed by atoms with Gasteiger partial charge < -0.3 is 0 Å². The summed E-state index contributed by atoms with van der Waals surface area (Å²) < 4.78 is 2.13. The van der Waals surface area contributed by atoms with Gasteiger partial charge in [0.25, 0.3) is 0 Å². The third kappa shape index (κ3) is 1.05. The fourth-order valence-electron chi connectivity index (χ4n) is 0.686. The van der Waals surface area contributed by atoms with E-state index >= 15 is 0 Å². The van der Waals surface area contributed by atoms with Crippen molar-refractivity contribution in [2.45, 2.75) is 6.92 Å². The Morgan fingerprint density at radius 1 is 1.67 bits per heavy atom. The van der Waals surface area contributed by atoms with Gasteiger partial charge in [0, 0.05) is 5.38 Å². The summed E-state index contributed by atoms with van der Waals surface area (Å²) in [6, 6.07) is 0. The lowest BCUT2D eigenvalue weighted by Crippen LogP contribution is -2.31. The first-order chi connectivity index (χ1) is 4.25. The molecule has 1 aromatic heterocycles. The molecule has 0 bridgehead atoms. The average Bonchev–Trinajstić information content (AvgIpc) is 2.15. The van der Waals surface area contributed by atoms with Crippen LogP contribution in [0.2, 0.25) is 0 Å². The number of hydrogen-bond donors (Lipinski definition) is 1. The quantitative estimate of drug-likeness (QED) is 0.578. The smallest absolute Gasteiger partial charge is 0.268 e. The molecule has 0 atom stereocenters. The molecule has 0 spiro atoms. The van der Waals surface area contributed by atoms with E-state index in [0.717, 1.165) is 0 Å². The van der Waals surface area contributed by atoms with Gasteiger partial charge in [-0.1, -0.05) is 11.3 Å². The van der Waals surface area contributed by atoms with Crippen LogP contribution < -0.4 is 9.88 Å². The second-order valence-corrected chi connectivity index (χ2v) is 2.85. The number of hydrogen-bond acceptors (Lipinski definition) is 2. The van der Waals surface area contributed by atoms with E-state index in [1.165, 1.54) is 10.8 Å². The Kier molecular flexibility index (Phi) is 1.71. The molecule has 0 radical (unpaired) electrons. The molecule has 1 aromatic rings. The second kappa shape index (κ2) is 2.35. The summed E-state index contributed by atoms with van der Waals surface area (Å²) in [6.07, 6.45) is 0. The zero-order valence-corrected chi connectivity index (χ0v) is 6.75. The van der Waals surface area contributed by atoms with E-state index in [1.807, 2.05) is 7.05 Å². The lowest BCUT2D eigenvalue weighted by molar-refractivity contribution is -0.659. The van der Waals surface area contributed by atoms with Crippen molar-refractivity contribution in [1.82, 2.24) is 0 Å². The van der Waals surface area contributed by atoms with E-state index in [9.17, 15) is 0 Å². The van der Waals surface area contributed by atoms with Crippen LogP contribution in [-0.2, 0) is 7.05 Å². The maximum atomic E-state index is 3.10. The minimum atomic E-state index is 1.20. The average molecular weight is 143 g/mol. The number of rotatable bonds is 1. The van der Waals surface area contributed by atoms with Crippen LogP contribution in [0, 0.1) is 6.92 Å². The van der Waals surface area contributed by atoms with E-state index in [2.05, 4.69) is 29.2 Å². The van der Waals surface area contributed by atoms with Crippen LogP contribution >= 0.6 is 11.3 Å². The van der Waals surface area contributed by atoms with Crippen molar-refractivity contribution in [3.8, 4) is 0 Å². The number of thiazole rings is 1. The van der Waals surface area contributed by atoms with Crippen molar-refractivity contribution in [3.63, 3.8) is 0 Å². The van der Waals surface area contributed by atoms with E-state index in [0.29, 0.717) is 0 Å². The Bertz CT molecular complexity index is 205. The SMILES string of the molecule is CNc1scc(C)[n+]1C. The van der Waals surface area contributed by atoms with Crippen molar-refractivity contribution in [3.05, 3.63) is 11.1 Å². The molecular weight excluding hydrogens is 132 g/mol. The first-order valence-electron chi connectivity index (χ1n) is 2.87. The van der Waals surface area contributed by atoms with Crippen molar-refractivity contribution < 1.29 is 4.57 Å². The molecule has 0 aliphatic heterocycles. The number of nitrogens with zero attached hydrogens (tertiary/aromatic N) is 1. The second-order valence-electron chi connectivity index (χ2n) is 1.99. The third-order valence-corrected chi connectivity index (χ3v) is 2.55. The van der Waals surface area contributed by atoms with Crippen LogP contribution in [0.4, 0.5) is 5.13 Å². The molecule has 2 nitrogen and oxygen atoms in total. The third-order valence-electron chi connectivity index (χ3n) is 1.39. The van der Waals surface area contributed by atoms with Crippen LogP contribution in [0.5, 0.6) is 0 Å². The van der Waals surface area contributed by atoms with E-state index in [4.69, 9.17) is 0 Å². The summed E-state index contributed by atoms with van der Waals surface area (Å²) in [6.45, 7) is 2.09. The van der Waals surface area contributed by atoms with Gasteiger partial charge >= 0.3 is 5.13 Å². The molecule has 0 saturated heterocycles. The van der Waals surface area contributed by atoms with Crippen molar-refractivity contribution in [2.75, 3.05) is 12.4 Å². The Balaban J connectivity index is 3.04. The van der Waals surface area contributed by atoms with Crippen molar-refractivity contribution in [2.24, 2.45) is 7.05 Å². The highest BCUT2D eigenvalue weighted by molar-refractivity contribution is 7.13. The summed E-state index contributed by atoms with van der Waals surface area (Å²) in [5.41, 5.74) is 1.30. The minimum absolute atomic E-state index is 1.20. The summed E-state index contributed by atoms with van der Waals surface area (Å²) >= 11 is 1.73. The standard InChI is InChI=1S/C6H10N2S/c1-5-4-9-6(7-2)8(5)3/h4H,1-3H3/p+1. The molecule has 0 aliphatic rings. The zero-order chi connectivity index (χ0) is 6.85. The fourth-order valence-corrected chi connectivity index (χ4v) is 1.55. The Hall–Kier alpha value is -0.570. The molecular formula is C6H11N2S+. The molecule has 1 heterocycles. The summed E-state index contributed by atoms with van der Waals surface area (Å²) in [5.74, 6) is 0. The van der Waals surface area contributed by atoms with Gasteiger partial charge in [-0.25, -0.2) is 4.57 Å². The Morgan fingerprint density at radius 2 is 2.33 bits per heavy atom. The molecule has 9 heavy (non-hydrogen) atoms. The van der Waals surface area contributed by atoms with Crippen LogP contribution in [0.25, 0.3) is 0 Å². The number of aryl methyl sites for hydroxylation is 1. The summed E-state index contributed by atoms with van der Waals surface area (Å²) in [4.78, 5) is 0. The molecule has 50 valence electrons. The highest BCUT2D eigenvalue weighted by Crippen LogP contribution is 2.09. The van der Waals surface area contributed by atoms with Crippen molar-refractivity contribution >= 4 is 16.5 Å². The van der Waals surface area contributed by atoms with Gasteiger partial charge in [-0.05, 0) is 6.92 Å². The van der Waals surface area contributed by atoms with Gasteiger partial charge in [0.05, 0.1) is 14.1 Å². The highest BCUT2D eigenvalue weighted by Gasteiger charge is 2.06. The molecule has 1 rings (SSSR count). The fraction of sp³-hybridized carbons (Fsp3) is 0.500. The van der Waals surface area contributed by atoms with E-state index in [-0.39, 0.29) is 0 Å². The molecule has 1 N–H and O–H groups in total. The van der Waals surface area contributed by atoms with Gasteiger partial charge in [-0.3, -0.25) is 5.32 Å². The van der Waals surface area contributed by atoms with Gasteiger partial charge in [-0.15, -0.1) is 0 Å². The van der Waals surface area contributed by atoms with E-state index < -0.39 is 0 Å². The first kappa shape index (κ1) is 6.55. The lowest BCUT2D eigenvalue weighted by atomic mass is 10.6. The molecule has 0 saturated carbocycles. The topological polar surface area (TPSA) is 15.9 Å². The van der Waals surface area contributed by atoms with Gasteiger partial charge in [-0.2, -0.15) is 0 Å². The molecule has 0 amide bonds. The van der Waals surface area contributed by atoms with Gasteiger partial charge in [0.1, 0.15) is 5.69 Å². The lowest BCUT2D eigenvalue weighted by Gasteiger charge is -1.89. The predicted molar refractivity (Wildman–Crippen MR) is 39.8 cm³/mol. The molecule has 3 heteroatoms. The predicted octanol–water partition coefficient (Wildman–Crippen LogP) is 0.923. The first-order valence-corrected chi connectivity index (χ1v) is 3.75. The highest BCUT2D eigenvalue weighted by atomic mass is 32.1. The van der Waals surface area contributed by atoms with Crippen LogP contribution in [0.3, 0.4) is 0 Å². The number of aromatic nitrogens is 1. The minimum Gasteiger partial charge on any atom is -0.268 e. The maximum absolute atomic E-state index is 3.10. The Morgan fingerprint density at radius 3 is 2.56 bits per heavy atom. The Labute approximate surface area is 59.1 Å². The maximum Gasteiger partial charge on any atom is 0.333 e. The van der Waals surface area contributed by atoms with Crippen LogP contribution in [0.15, 0.2) is 5.38 Å². The van der Waals surface area contributed by atoms with E-state index in [1.54, 1.807) is 11.3 Å². The zero-order valence-electron chi connectivity index (χ0n) is 5.93. The molecule has 0 aromatic carbocycles. The van der Waals surface area contributed by atoms with Crippen LogP contribution in [-0.4, -0.2) is 7.05 Å². The molecule has 0 fully saturated rings. The van der Waals surface area contributed by atoms with Crippen LogP contribution in [0.1, 0.15) is 5.69 Å². The number of nitrogens with one attached hydrogen (secondary N) is 1. The monoisotopic (exact) mass is 143 g/mol. The molecule has 0 unspecified atom stereocenters. The normalized spacial score (nSPS) is 9.67. The summed E-state index contributed by atoms with van der Waals surface area (Å²) in [5, 5.41) is 6.43. The van der Waals surface area contributed by atoms with Crippen molar-refractivity contribution in [1.29, 1.82) is 0 Å². The summed E-state index contributed by atoms with van der Waals surface area (Å²) in [7, 11) is 3.99. The molecule has 0 aliphatic carbocycles. The largest absolute Gasteiger partial charge is 0.333 e. The van der Waals surface area contributed by atoms with Gasteiger partial charge in [0.2, 0.25) is 0 Å². The van der Waals surface area contributed by atoms with Gasteiger partial charge in [0.15, 0.2) is 0 Å².